The number of aliphatic hydroxyl groups excluding tert-OH is 3. The number of amides is 1. The molecule has 0 aliphatic heterocycles. The molecule has 0 saturated heterocycles. The second-order valence-electron chi connectivity index (χ2n) is 14.8. The number of nitro groups is 1. The molecule has 48 heavy (non-hydrogen) atoms. The van der Waals surface area contributed by atoms with Crippen molar-refractivity contribution >= 4 is 27.9 Å². The molecule has 0 bridgehead atoms. The largest absolute Gasteiger partial charge is 0.511 e. The molecule has 4 saturated carbocycles. The van der Waals surface area contributed by atoms with Crippen LogP contribution in [0.2, 0.25) is 0 Å². The van der Waals surface area contributed by atoms with Gasteiger partial charge in [-0.05, 0) is 104 Å². The van der Waals surface area contributed by atoms with Crippen LogP contribution in [0.3, 0.4) is 0 Å². The first-order valence-corrected chi connectivity index (χ1v) is 18.4. The van der Waals surface area contributed by atoms with Gasteiger partial charge in [-0.25, -0.2) is 4.79 Å². The standard InChI is InChI=1S/C26H45NO7S.C7H5NO5/c1-15(4-7-23(31)27-10-11-35(32,33)34)18-5-6-19-24-20(14-22(30)26(18,19)3)25(2)9-8-17(28)12-16(25)13-21(24)29;9-7(10)13-6-4-2-1-3-5(6)8(11)12/h15-22,24,28-30H,4-14H2,1-3H3,(H,27,31)(H,32,33,34);1-4H,(H,9,10)/t15-,16+,17-,18-,19+,20+,21-,22+,24+,25+,26-;/m1./s1. The molecule has 4 aliphatic rings. The summed E-state index contributed by atoms with van der Waals surface area (Å²) in [4.78, 5) is 31.9. The van der Waals surface area contributed by atoms with E-state index in [9.17, 15) is 43.4 Å². The van der Waals surface area contributed by atoms with Gasteiger partial charge in [0.05, 0.1) is 29.0 Å². The molecule has 4 aliphatic carbocycles. The van der Waals surface area contributed by atoms with Gasteiger partial charge in [0, 0.05) is 19.0 Å². The van der Waals surface area contributed by atoms with Crippen LogP contribution < -0.4 is 10.1 Å². The van der Waals surface area contributed by atoms with E-state index in [0.29, 0.717) is 18.8 Å². The van der Waals surface area contributed by atoms with Crippen LogP contribution in [-0.4, -0.2) is 81.0 Å². The van der Waals surface area contributed by atoms with Crippen LogP contribution in [0.25, 0.3) is 0 Å². The van der Waals surface area contributed by atoms with E-state index < -0.39 is 39.2 Å². The maximum Gasteiger partial charge on any atom is 0.511 e. The Morgan fingerprint density at radius 3 is 2.42 bits per heavy atom. The van der Waals surface area contributed by atoms with Gasteiger partial charge in [0.2, 0.25) is 11.7 Å². The zero-order chi connectivity index (χ0) is 35.6. The summed E-state index contributed by atoms with van der Waals surface area (Å²) in [5.74, 6) is 0.427. The van der Waals surface area contributed by atoms with E-state index in [4.69, 9.17) is 9.66 Å². The first kappa shape index (κ1) is 38.0. The third-order valence-corrected chi connectivity index (χ3v) is 13.0. The number of nitro benzene ring substituents is 1. The highest BCUT2D eigenvalue weighted by atomic mass is 32.2. The number of hydrogen-bond acceptors (Lipinski definition) is 10. The first-order chi connectivity index (χ1) is 22.4. The molecule has 4 fully saturated rings. The van der Waals surface area contributed by atoms with Crippen molar-refractivity contribution in [2.75, 3.05) is 12.3 Å². The number of carbonyl (C=O) groups is 2. The number of benzene rings is 1. The van der Waals surface area contributed by atoms with E-state index in [0.717, 1.165) is 44.6 Å². The van der Waals surface area contributed by atoms with Crippen LogP contribution in [0, 0.1) is 56.5 Å². The number of fused-ring (bicyclic) bond motifs is 5. The normalized spacial score (nSPS) is 36.2. The van der Waals surface area contributed by atoms with Gasteiger partial charge in [0.15, 0.2) is 0 Å². The Morgan fingerprint density at radius 2 is 1.77 bits per heavy atom. The Labute approximate surface area is 281 Å². The lowest BCUT2D eigenvalue weighted by Gasteiger charge is -2.63. The van der Waals surface area contributed by atoms with E-state index in [-0.39, 0.29) is 76.8 Å². The average molecular weight is 699 g/mol. The fourth-order valence-corrected chi connectivity index (χ4v) is 10.2. The van der Waals surface area contributed by atoms with Crippen molar-refractivity contribution in [2.24, 2.45) is 46.3 Å². The fraction of sp³-hybridized carbons (Fsp3) is 0.758. The summed E-state index contributed by atoms with van der Waals surface area (Å²) in [6.45, 7) is 6.56. The fourth-order valence-electron chi connectivity index (χ4n) is 9.89. The summed E-state index contributed by atoms with van der Waals surface area (Å²) in [6, 6.07) is 5.25. The van der Waals surface area contributed by atoms with E-state index in [1.165, 1.54) is 18.2 Å². The van der Waals surface area contributed by atoms with Crippen molar-refractivity contribution in [2.45, 2.75) is 96.9 Å². The Kier molecular flexibility index (Phi) is 11.8. The number of carbonyl (C=O) groups excluding carboxylic acids is 1. The van der Waals surface area contributed by atoms with E-state index in [1.54, 1.807) is 0 Å². The number of nitrogens with zero attached hydrogens (tertiary/aromatic N) is 1. The average Bonchev–Trinajstić information content (AvgIpc) is 3.35. The number of hydrogen-bond donors (Lipinski definition) is 6. The number of rotatable bonds is 9. The molecular formula is C33H50N2O12S. The predicted molar refractivity (Wildman–Crippen MR) is 174 cm³/mol. The molecule has 270 valence electrons. The topological polar surface area (TPSA) is 234 Å². The minimum Gasteiger partial charge on any atom is -0.449 e. The zero-order valence-corrected chi connectivity index (χ0v) is 28.5. The summed E-state index contributed by atoms with van der Waals surface area (Å²) in [5, 5.41) is 54.4. The van der Waals surface area contributed by atoms with Gasteiger partial charge in [-0.2, -0.15) is 8.42 Å². The van der Waals surface area contributed by atoms with Gasteiger partial charge in [0.1, 0.15) is 0 Å². The Morgan fingerprint density at radius 1 is 1.08 bits per heavy atom. The minimum atomic E-state index is -4.10. The maximum absolute atomic E-state index is 12.2. The SMILES string of the molecule is C[C@H](CCC(=O)NCCS(=O)(=O)O)[C@H]1CC[C@H]2[C@@H]3[C@H](O)C[C@@H]4C[C@H](O)CC[C@]4(C)[C@H]3C[C@H](O)[C@]12C.O=C(O)Oc1ccccc1[N+](=O)[O-]. The van der Waals surface area contributed by atoms with E-state index in [2.05, 4.69) is 30.8 Å². The number of nitrogens with one attached hydrogen (secondary N) is 1. The van der Waals surface area contributed by atoms with Crippen molar-refractivity contribution in [1.29, 1.82) is 0 Å². The van der Waals surface area contributed by atoms with Crippen LogP contribution in [0.1, 0.15) is 78.6 Å². The minimum absolute atomic E-state index is 0.0509. The summed E-state index contributed by atoms with van der Waals surface area (Å²) in [7, 11) is -4.10. The summed E-state index contributed by atoms with van der Waals surface area (Å²) in [5.41, 5.74) is -0.625. The monoisotopic (exact) mass is 698 g/mol. The molecule has 0 unspecified atom stereocenters. The van der Waals surface area contributed by atoms with Crippen molar-refractivity contribution < 1.29 is 52.6 Å². The number of ether oxygens (including phenoxy) is 1. The molecule has 1 aromatic rings. The Balaban J connectivity index is 0.000000336. The molecule has 0 aromatic heterocycles. The molecule has 0 spiro atoms. The smallest absolute Gasteiger partial charge is 0.449 e. The Bertz CT molecular complexity index is 1440. The van der Waals surface area contributed by atoms with Gasteiger partial charge in [-0.1, -0.05) is 32.9 Å². The third-order valence-electron chi connectivity index (χ3n) is 12.3. The number of para-hydroxylation sites is 2. The van der Waals surface area contributed by atoms with Gasteiger partial charge in [-0.3, -0.25) is 19.5 Å². The van der Waals surface area contributed by atoms with Crippen LogP contribution in [0.4, 0.5) is 10.5 Å². The van der Waals surface area contributed by atoms with Crippen molar-refractivity contribution in [3.8, 4) is 5.75 Å². The molecule has 5 rings (SSSR count). The van der Waals surface area contributed by atoms with Gasteiger partial charge >= 0.3 is 11.8 Å². The highest BCUT2D eigenvalue weighted by molar-refractivity contribution is 7.85. The number of carboxylic acid groups (broad SMARTS) is 1. The lowest BCUT2D eigenvalue weighted by molar-refractivity contribution is -0.385. The Hall–Kier alpha value is -2.85. The molecule has 1 amide bonds. The number of aliphatic hydroxyl groups is 3. The molecule has 14 nitrogen and oxygen atoms in total. The van der Waals surface area contributed by atoms with Crippen LogP contribution in [0.5, 0.6) is 5.75 Å². The first-order valence-electron chi connectivity index (χ1n) is 16.8. The molecule has 0 heterocycles. The summed E-state index contributed by atoms with van der Waals surface area (Å²) >= 11 is 0. The summed E-state index contributed by atoms with van der Waals surface area (Å²) < 4.78 is 34.7. The zero-order valence-electron chi connectivity index (χ0n) is 27.7. The van der Waals surface area contributed by atoms with E-state index in [1.807, 2.05) is 0 Å². The van der Waals surface area contributed by atoms with Crippen LogP contribution >= 0.6 is 0 Å². The highest BCUT2D eigenvalue weighted by Gasteiger charge is 2.65. The molecule has 6 N–H and O–H groups in total. The van der Waals surface area contributed by atoms with Crippen molar-refractivity contribution in [3.05, 3.63) is 34.4 Å². The third kappa shape index (κ3) is 8.12. The molecular weight excluding hydrogens is 648 g/mol. The van der Waals surface area contributed by atoms with Gasteiger partial charge < -0.3 is 30.5 Å². The van der Waals surface area contributed by atoms with E-state index >= 15 is 0 Å². The predicted octanol–water partition coefficient (Wildman–Crippen LogP) is 4.02. The molecule has 11 atom stereocenters. The lowest BCUT2D eigenvalue weighted by atomic mass is 9.43. The van der Waals surface area contributed by atoms with Gasteiger partial charge in [0.25, 0.3) is 10.1 Å². The van der Waals surface area contributed by atoms with Crippen LogP contribution in [0.15, 0.2) is 24.3 Å². The molecule has 0 radical (unpaired) electrons. The molecule has 15 heteroatoms. The van der Waals surface area contributed by atoms with Crippen LogP contribution in [-0.2, 0) is 14.9 Å². The second kappa shape index (κ2) is 15.0. The van der Waals surface area contributed by atoms with Crippen molar-refractivity contribution in [3.63, 3.8) is 0 Å². The molecule has 1 aromatic carbocycles. The quantitative estimate of drug-likeness (QED) is 0.0706. The lowest BCUT2D eigenvalue weighted by Crippen LogP contribution is -2.62. The maximum atomic E-state index is 12.2. The second-order valence-corrected chi connectivity index (χ2v) is 16.3. The summed E-state index contributed by atoms with van der Waals surface area (Å²) in [6.07, 6.45) is 4.09. The highest BCUT2D eigenvalue weighted by Crippen LogP contribution is 2.68. The van der Waals surface area contributed by atoms with Crippen molar-refractivity contribution in [1.82, 2.24) is 5.32 Å². The van der Waals surface area contributed by atoms with Gasteiger partial charge in [-0.15, -0.1) is 0 Å².